The molecule has 1 heterocycles. The number of hydrogen-bond donors (Lipinski definition) is 1. The second-order valence-electron chi connectivity index (χ2n) is 4.29. The number of nitrogens with one attached hydrogen (secondary N) is 1. The molecule has 0 atom stereocenters. The second-order valence-corrected chi connectivity index (χ2v) is 6.22. The van der Waals surface area contributed by atoms with E-state index in [1.165, 1.54) is 10.5 Å². The molecular weight excluding hydrogens is 338 g/mol. The van der Waals surface area contributed by atoms with Crippen LogP contribution in [0.4, 0.5) is 0 Å². The zero-order chi connectivity index (χ0) is 14.2. The summed E-state index contributed by atoms with van der Waals surface area (Å²) >= 11 is 5.32. The smallest absolute Gasteiger partial charge is 0.113 e. The van der Waals surface area contributed by atoms with Gasteiger partial charge in [-0.15, -0.1) is 11.8 Å². The predicted molar refractivity (Wildman–Crippen MR) is 86.0 cm³/mol. The van der Waals surface area contributed by atoms with Crippen molar-refractivity contribution < 1.29 is 9.15 Å². The molecule has 0 aliphatic carbocycles. The Hall–Kier alpha value is -0.750. The van der Waals surface area contributed by atoms with Gasteiger partial charge in [0.05, 0.1) is 18.6 Å². The molecule has 1 aromatic heterocycles. The maximum atomic E-state index is 5.37. The van der Waals surface area contributed by atoms with Crippen molar-refractivity contribution in [1.82, 2.24) is 5.32 Å². The lowest BCUT2D eigenvalue weighted by atomic mass is 10.2. The molecule has 0 saturated heterocycles. The first-order valence-electron chi connectivity index (χ1n) is 6.43. The van der Waals surface area contributed by atoms with Gasteiger partial charge in [-0.3, -0.25) is 0 Å². The molecule has 0 saturated carbocycles. The van der Waals surface area contributed by atoms with Crippen molar-refractivity contribution >= 4 is 27.7 Å². The molecule has 0 radical (unpaired) electrons. The Morgan fingerprint density at radius 1 is 1.35 bits per heavy atom. The summed E-state index contributed by atoms with van der Waals surface area (Å²) < 4.78 is 11.5. The number of methoxy groups -OCH3 is 1. The molecule has 20 heavy (non-hydrogen) atoms. The number of halogens is 1. The lowest BCUT2D eigenvalue weighted by Gasteiger charge is -2.10. The van der Waals surface area contributed by atoms with Crippen LogP contribution in [0.2, 0.25) is 0 Å². The van der Waals surface area contributed by atoms with Crippen LogP contribution in [-0.2, 0) is 17.0 Å². The van der Waals surface area contributed by atoms with Crippen LogP contribution in [-0.4, -0.2) is 20.3 Å². The molecule has 1 aromatic carbocycles. The summed E-state index contributed by atoms with van der Waals surface area (Å²) in [5.41, 5.74) is 1.28. The van der Waals surface area contributed by atoms with Crippen LogP contribution in [0.5, 0.6) is 0 Å². The third-order valence-corrected chi connectivity index (χ3v) is 4.40. The third kappa shape index (κ3) is 4.98. The fourth-order valence-electron chi connectivity index (χ4n) is 1.77. The molecule has 3 nitrogen and oxygen atoms in total. The number of hydrogen-bond acceptors (Lipinski definition) is 4. The van der Waals surface area contributed by atoms with Crippen molar-refractivity contribution in [3.63, 3.8) is 0 Å². The molecule has 0 amide bonds. The predicted octanol–water partition coefficient (Wildman–Crippen LogP) is 4.07. The highest BCUT2D eigenvalue weighted by atomic mass is 79.9. The van der Waals surface area contributed by atoms with Crippen molar-refractivity contribution in [3.05, 3.63) is 52.4 Å². The van der Waals surface area contributed by atoms with E-state index in [0.29, 0.717) is 0 Å². The maximum absolute atomic E-state index is 5.37. The van der Waals surface area contributed by atoms with Crippen LogP contribution >= 0.6 is 27.7 Å². The molecule has 0 bridgehead atoms. The van der Waals surface area contributed by atoms with Gasteiger partial charge in [-0.1, -0.05) is 15.9 Å². The summed E-state index contributed by atoms with van der Waals surface area (Å²) in [6, 6.07) is 10.3. The SMILES string of the molecule is COCCNCc1cc(Br)ccc1SCc1ccco1. The quantitative estimate of drug-likeness (QED) is 0.571. The molecular formula is C15H18BrNO2S. The third-order valence-electron chi connectivity index (χ3n) is 2.77. The first-order valence-corrected chi connectivity index (χ1v) is 8.20. The van der Waals surface area contributed by atoms with E-state index in [1.54, 1.807) is 25.1 Å². The highest BCUT2D eigenvalue weighted by Crippen LogP contribution is 2.28. The van der Waals surface area contributed by atoms with E-state index < -0.39 is 0 Å². The van der Waals surface area contributed by atoms with Gasteiger partial charge >= 0.3 is 0 Å². The highest BCUT2D eigenvalue weighted by Gasteiger charge is 2.05. The van der Waals surface area contributed by atoms with E-state index in [1.807, 2.05) is 12.1 Å². The van der Waals surface area contributed by atoms with E-state index >= 15 is 0 Å². The van der Waals surface area contributed by atoms with Gasteiger partial charge in [0.15, 0.2) is 0 Å². The normalized spacial score (nSPS) is 10.9. The minimum atomic E-state index is 0.725. The van der Waals surface area contributed by atoms with Crippen LogP contribution < -0.4 is 5.32 Å². The van der Waals surface area contributed by atoms with E-state index in [4.69, 9.17) is 9.15 Å². The zero-order valence-electron chi connectivity index (χ0n) is 11.4. The first-order chi connectivity index (χ1) is 9.79. The Morgan fingerprint density at radius 2 is 2.25 bits per heavy atom. The van der Waals surface area contributed by atoms with Crippen LogP contribution in [0.25, 0.3) is 0 Å². The number of ether oxygens (including phenoxy) is 1. The van der Waals surface area contributed by atoms with Gasteiger partial charge in [0.1, 0.15) is 5.76 Å². The topological polar surface area (TPSA) is 34.4 Å². The average molecular weight is 356 g/mol. The summed E-state index contributed by atoms with van der Waals surface area (Å²) in [4.78, 5) is 1.27. The van der Waals surface area contributed by atoms with Gasteiger partial charge in [0, 0.05) is 29.6 Å². The van der Waals surface area contributed by atoms with Gasteiger partial charge in [0.25, 0.3) is 0 Å². The average Bonchev–Trinajstić information content (AvgIpc) is 2.96. The summed E-state index contributed by atoms with van der Waals surface area (Å²) in [6.07, 6.45) is 1.71. The van der Waals surface area contributed by atoms with Crippen molar-refractivity contribution in [2.24, 2.45) is 0 Å². The Morgan fingerprint density at radius 3 is 3.00 bits per heavy atom. The summed E-state index contributed by atoms with van der Waals surface area (Å²) in [5.74, 6) is 1.84. The van der Waals surface area contributed by atoms with E-state index in [0.717, 1.165) is 35.7 Å². The van der Waals surface area contributed by atoms with E-state index in [2.05, 4.69) is 39.4 Å². The van der Waals surface area contributed by atoms with Crippen molar-refractivity contribution in [3.8, 4) is 0 Å². The van der Waals surface area contributed by atoms with Gasteiger partial charge in [-0.25, -0.2) is 0 Å². The molecule has 0 aliphatic rings. The minimum Gasteiger partial charge on any atom is -0.468 e. The first kappa shape index (κ1) is 15.6. The van der Waals surface area contributed by atoms with Crippen LogP contribution in [0.3, 0.4) is 0 Å². The standard InChI is InChI=1S/C15H18BrNO2S/c1-18-8-6-17-10-12-9-13(16)4-5-15(12)20-11-14-3-2-7-19-14/h2-5,7,9,17H,6,8,10-11H2,1H3. The molecule has 2 rings (SSSR count). The lowest BCUT2D eigenvalue weighted by Crippen LogP contribution is -2.18. The lowest BCUT2D eigenvalue weighted by molar-refractivity contribution is 0.199. The second kappa shape index (κ2) is 8.52. The van der Waals surface area contributed by atoms with Crippen LogP contribution in [0.1, 0.15) is 11.3 Å². The van der Waals surface area contributed by atoms with Gasteiger partial charge in [0.2, 0.25) is 0 Å². The van der Waals surface area contributed by atoms with Crippen molar-refractivity contribution in [1.29, 1.82) is 0 Å². The number of thioether (sulfide) groups is 1. The van der Waals surface area contributed by atoms with Crippen molar-refractivity contribution in [2.75, 3.05) is 20.3 Å². The molecule has 108 valence electrons. The summed E-state index contributed by atoms with van der Waals surface area (Å²) in [5, 5.41) is 3.38. The minimum absolute atomic E-state index is 0.725. The molecule has 1 N–H and O–H groups in total. The van der Waals surface area contributed by atoms with Crippen molar-refractivity contribution in [2.45, 2.75) is 17.2 Å². The highest BCUT2D eigenvalue weighted by molar-refractivity contribution is 9.10. The largest absolute Gasteiger partial charge is 0.468 e. The summed E-state index contributed by atoms with van der Waals surface area (Å²) in [7, 11) is 1.71. The Kier molecular flexibility index (Phi) is 6.66. The molecule has 0 fully saturated rings. The van der Waals surface area contributed by atoms with E-state index in [9.17, 15) is 0 Å². The molecule has 2 aromatic rings. The van der Waals surface area contributed by atoms with Gasteiger partial charge in [-0.2, -0.15) is 0 Å². The maximum Gasteiger partial charge on any atom is 0.113 e. The summed E-state index contributed by atoms with van der Waals surface area (Å²) in [6.45, 7) is 2.41. The number of rotatable bonds is 8. The van der Waals surface area contributed by atoms with E-state index in [-0.39, 0.29) is 0 Å². The Labute approximate surface area is 132 Å². The van der Waals surface area contributed by atoms with Crippen LogP contribution in [0.15, 0.2) is 50.4 Å². The fraction of sp³-hybridized carbons (Fsp3) is 0.333. The number of furan rings is 1. The molecule has 0 unspecified atom stereocenters. The number of benzene rings is 1. The zero-order valence-corrected chi connectivity index (χ0v) is 13.8. The Balaban J connectivity index is 1.95. The fourth-order valence-corrected chi connectivity index (χ4v) is 3.12. The molecule has 0 spiro atoms. The van der Waals surface area contributed by atoms with Gasteiger partial charge in [-0.05, 0) is 35.9 Å². The van der Waals surface area contributed by atoms with Crippen LogP contribution in [0, 0.1) is 0 Å². The molecule has 5 heteroatoms. The monoisotopic (exact) mass is 355 g/mol. The van der Waals surface area contributed by atoms with Gasteiger partial charge < -0.3 is 14.5 Å². The Bertz CT molecular complexity index is 517. The molecule has 0 aliphatic heterocycles.